The van der Waals surface area contributed by atoms with Crippen molar-refractivity contribution in [2.75, 3.05) is 25.0 Å². The average molecular weight is 477 g/mol. The van der Waals surface area contributed by atoms with E-state index in [-0.39, 0.29) is 18.0 Å². The normalized spacial score (nSPS) is 16.3. The highest BCUT2D eigenvalue weighted by molar-refractivity contribution is 5.79. The molecular formula is C26H29FN6O2. The topological polar surface area (TPSA) is 75.9 Å². The van der Waals surface area contributed by atoms with Gasteiger partial charge >= 0.3 is 6.09 Å². The summed E-state index contributed by atoms with van der Waals surface area (Å²) in [5, 5.41) is 5.71. The van der Waals surface area contributed by atoms with Crippen molar-refractivity contribution in [2.45, 2.75) is 45.3 Å². The molecule has 1 atom stereocenters. The minimum absolute atomic E-state index is 0.0323. The molecule has 1 fully saturated rings. The maximum absolute atomic E-state index is 14.8. The number of anilines is 1. The first-order chi connectivity index (χ1) is 16.7. The molecule has 1 aliphatic rings. The average Bonchev–Trinajstić information content (AvgIpc) is 3.45. The van der Waals surface area contributed by atoms with Crippen LogP contribution in [0.5, 0.6) is 0 Å². The lowest BCUT2D eigenvalue weighted by Crippen LogP contribution is -2.42. The second-order valence-corrected chi connectivity index (χ2v) is 10.0. The Bertz CT molecular complexity index is 1400. The van der Waals surface area contributed by atoms with Crippen LogP contribution in [-0.4, -0.2) is 62.4 Å². The van der Waals surface area contributed by atoms with Crippen molar-refractivity contribution in [1.29, 1.82) is 0 Å². The van der Waals surface area contributed by atoms with E-state index in [1.807, 2.05) is 51.1 Å². The van der Waals surface area contributed by atoms with E-state index in [1.54, 1.807) is 28.9 Å². The highest BCUT2D eigenvalue weighted by atomic mass is 19.1. The van der Waals surface area contributed by atoms with Gasteiger partial charge in [-0.15, -0.1) is 5.10 Å². The third kappa shape index (κ3) is 4.76. The molecule has 0 spiro atoms. The van der Waals surface area contributed by atoms with Crippen LogP contribution >= 0.6 is 0 Å². The van der Waals surface area contributed by atoms with Gasteiger partial charge in [0, 0.05) is 44.2 Å². The number of halogens is 1. The molecule has 1 unspecified atom stereocenters. The molecule has 4 heterocycles. The Hall–Kier alpha value is -3.75. The zero-order valence-electron chi connectivity index (χ0n) is 20.4. The van der Waals surface area contributed by atoms with Gasteiger partial charge in [-0.25, -0.2) is 18.7 Å². The number of amides is 1. The zero-order chi connectivity index (χ0) is 24.7. The van der Waals surface area contributed by atoms with E-state index >= 15 is 0 Å². The van der Waals surface area contributed by atoms with Gasteiger partial charge in [0.15, 0.2) is 5.65 Å². The molecule has 1 saturated heterocycles. The molecular weight excluding hydrogens is 447 g/mol. The largest absolute Gasteiger partial charge is 0.444 e. The lowest BCUT2D eigenvalue weighted by Gasteiger charge is -2.28. The minimum Gasteiger partial charge on any atom is -0.444 e. The summed E-state index contributed by atoms with van der Waals surface area (Å²) in [4.78, 5) is 25.0. The fraction of sp³-hybridized carbons (Fsp3) is 0.385. The molecule has 0 radical (unpaired) electrons. The monoisotopic (exact) mass is 476 g/mol. The Balaban J connectivity index is 1.36. The first kappa shape index (κ1) is 23.0. The highest BCUT2D eigenvalue weighted by Gasteiger charge is 2.31. The molecule has 182 valence electrons. The fourth-order valence-corrected chi connectivity index (χ4v) is 4.42. The van der Waals surface area contributed by atoms with Crippen LogP contribution in [0.2, 0.25) is 0 Å². The van der Waals surface area contributed by atoms with Gasteiger partial charge in [0.25, 0.3) is 0 Å². The Kier molecular flexibility index (Phi) is 5.78. The van der Waals surface area contributed by atoms with E-state index in [9.17, 15) is 9.18 Å². The molecule has 0 saturated carbocycles. The maximum Gasteiger partial charge on any atom is 0.410 e. The first-order valence-corrected chi connectivity index (χ1v) is 11.8. The number of fused-ring (bicyclic) bond motifs is 2. The highest BCUT2D eigenvalue weighted by Crippen LogP contribution is 2.24. The number of carbonyl (C=O) groups is 1. The van der Waals surface area contributed by atoms with Crippen molar-refractivity contribution in [3.05, 3.63) is 65.9 Å². The van der Waals surface area contributed by atoms with Crippen LogP contribution < -0.4 is 4.90 Å². The summed E-state index contributed by atoms with van der Waals surface area (Å²) >= 11 is 0. The van der Waals surface area contributed by atoms with E-state index in [1.165, 1.54) is 6.07 Å². The van der Waals surface area contributed by atoms with Gasteiger partial charge < -0.3 is 14.5 Å². The van der Waals surface area contributed by atoms with Crippen LogP contribution in [0.3, 0.4) is 0 Å². The predicted molar refractivity (Wildman–Crippen MR) is 132 cm³/mol. The van der Waals surface area contributed by atoms with Crippen molar-refractivity contribution in [1.82, 2.24) is 24.5 Å². The molecule has 9 heteroatoms. The third-order valence-electron chi connectivity index (χ3n) is 6.28. The number of rotatable bonds is 4. The standard InChI is InChI=1S/C26H29FN6O2/c1-26(2,3)35-25(34)31(4)19-9-11-32(16-19)24-8-7-23-29-15-20(33(23)30-24)13-18-12-17-6-5-10-28-22(17)14-21(18)27/h5-8,10,12,14-15,19H,9,11,13,16H2,1-4H3. The van der Waals surface area contributed by atoms with Crippen molar-refractivity contribution >= 4 is 28.5 Å². The van der Waals surface area contributed by atoms with E-state index in [2.05, 4.69) is 14.9 Å². The Labute approximate surface area is 203 Å². The Morgan fingerprint density at radius 1 is 1.23 bits per heavy atom. The summed E-state index contributed by atoms with van der Waals surface area (Å²) in [7, 11) is 1.78. The van der Waals surface area contributed by atoms with Gasteiger partial charge in [0.1, 0.15) is 17.2 Å². The van der Waals surface area contributed by atoms with E-state index in [0.29, 0.717) is 29.7 Å². The van der Waals surface area contributed by atoms with Crippen molar-refractivity contribution in [2.24, 2.45) is 0 Å². The van der Waals surface area contributed by atoms with E-state index in [0.717, 1.165) is 29.9 Å². The summed E-state index contributed by atoms with van der Waals surface area (Å²) in [6, 6.07) is 11.0. The van der Waals surface area contributed by atoms with Gasteiger partial charge in [-0.3, -0.25) is 4.98 Å². The molecule has 3 aromatic heterocycles. The SMILES string of the molecule is CN(C(=O)OC(C)(C)C)C1CCN(c2ccc3ncc(Cc4cc5cccnc5cc4F)n3n2)C1. The molecule has 0 N–H and O–H groups in total. The van der Waals surface area contributed by atoms with Crippen LogP contribution in [0.1, 0.15) is 38.4 Å². The third-order valence-corrected chi connectivity index (χ3v) is 6.28. The molecule has 35 heavy (non-hydrogen) atoms. The summed E-state index contributed by atoms with van der Waals surface area (Å²) in [5.74, 6) is 0.495. The second kappa shape index (κ2) is 8.79. The van der Waals surface area contributed by atoms with Crippen LogP contribution in [-0.2, 0) is 11.2 Å². The first-order valence-electron chi connectivity index (χ1n) is 11.8. The van der Waals surface area contributed by atoms with Crippen LogP contribution in [0.15, 0.2) is 48.8 Å². The number of carbonyl (C=O) groups excluding carboxylic acids is 1. The summed E-state index contributed by atoms with van der Waals surface area (Å²) in [6.45, 7) is 7.02. The summed E-state index contributed by atoms with van der Waals surface area (Å²) < 4.78 is 22.1. The number of hydrogen-bond donors (Lipinski definition) is 0. The van der Waals surface area contributed by atoms with Crippen LogP contribution in [0, 0.1) is 5.82 Å². The number of aromatic nitrogens is 4. The fourth-order valence-electron chi connectivity index (χ4n) is 4.42. The lowest BCUT2D eigenvalue weighted by atomic mass is 10.1. The van der Waals surface area contributed by atoms with E-state index in [4.69, 9.17) is 9.84 Å². The molecule has 4 aromatic rings. The van der Waals surface area contributed by atoms with Crippen molar-refractivity contribution < 1.29 is 13.9 Å². The van der Waals surface area contributed by atoms with Gasteiger partial charge in [0.2, 0.25) is 0 Å². The quantitative estimate of drug-likeness (QED) is 0.433. The minimum atomic E-state index is -0.533. The van der Waals surface area contributed by atoms with Crippen LogP contribution in [0.4, 0.5) is 15.0 Å². The van der Waals surface area contributed by atoms with Crippen molar-refractivity contribution in [3.63, 3.8) is 0 Å². The van der Waals surface area contributed by atoms with Gasteiger partial charge in [0.05, 0.1) is 23.4 Å². The van der Waals surface area contributed by atoms with Crippen LogP contribution in [0.25, 0.3) is 16.6 Å². The number of nitrogens with zero attached hydrogens (tertiary/aromatic N) is 6. The van der Waals surface area contributed by atoms with Gasteiger partial charge in [-0.05, 0) is 57.0 Å². The van der Waals surface area contributed by atoms with E-state index < -0.39 is 5.60 Å². The smallest absolute Gasteiger partial charge is 0.410 e. The number of pyridine rings is 1. The molecule has 8 nitrogen and oxygen atoms in total. The molecule has 1 aliphatic heterocycles. The number of likely N-dealkylation sites (N-methyl/N-ethyl adjacent to an activating group) is 1. The molecule has 0 aliphatic carbocycles. The number of benzene rings is 1. The molecule has 1 aromatic carbocycles. The molecule has 1 amide bonds. The number of hydrogen-bond acceptors (Lipinski definition) is 6. The number of ether oxygens (including phenoxy) is 1. The Morgan fingerprint density at radius 3 is 2.86 bits per heavy atom. The number of imidazole rings is 1. The van der Waals surface area contributed by atoms with Gasteiger partial charge in [-0.1, -0.05) is 6.07 Å². The predicted octanol–water partition coefficient (Wildman–Crippen LogP) is 4.45. The second-order valence-electron chi connectivity index (χ2n) is 10.0. The molecule has 5 rings (SSSR count). The van der Waals surface area contributed by atoms with Crippen molar-refractivity contribution in [3.8, 4) is 0 Å². The zero-order valence-corrected chi connectivity index (χ0v) is 20.4. The molecule has 0 bridgehead atoms. The van der Waals surface area contributed by atoms with Gasteiger partial charge in [-0.2, -0.15) is 0 Å². The Morgan fingerprint density at radius 2 is 2.06 bits per heavy atom. The summed E-state index contributed by atoms with van der Waals surface area (Å²) in [6.07, 6.45) is 4.26. The maximum atomic E-state index is 14.8. The lowest BCUT2D eigenvalue weighted by molar-refractivity contribution is 0.0238. The summed E-state index contributed by atoms with van der Waals surface area (Å²) in [5.41, 5.74) is 2.17.